The van der Waals surface area contributed by atoms with Crippen LogP contribution in [0.1, 0.15) is 25.7 Å². The van der Waals surface area contributed by atoms with Crippen LogP contribution in [0.5, 0.6) is 0 Å². The summed E-state index contributed by atoms with van der Waals surface area (Å²) in [6.45, 7) is -0.204. The minimum atomic E-state index is -0.204. The Morgan fingerprint density at radius 2 is 2.00 bits per heavy atom. The monoisotopic (exact) mass is 114 g/mol. The molecular weight excluding hydrogens is 103 g/mol. The molecular formula is C7H11F. The summed E-state index contributed by atoms with van der Waals surface area (Å²) in [4.78, 5) is 0. The molecule has 0 fully saturated rings. The van der Waals surface area contributed by atoms with Crippen LogP contribution in [0, 0.1) is 12.3 Å². The molecule has 46 valence electrons. The fourth-order valence-electron chi connectivity index (χ4n) is 0.498. The normalized spacial score (nSPS) is 8.50. The summed E-state index contributed by atoms with van der Waals surface area (Å²) in [6, 6.07) is 0. The van der Waals surface area contributed by atoms with Crippen LogP contribution in [-0.4, -0.2) is 6.67 Å². The van der Waals surface area contributed by atoms with Gasteiger partial charge in [0.25, 0.3) is 0 Å². The smallest absolute Gasteiger partial charge is 0.0894 e. The SMILES string of the molecule is C#CCCCCCF. The predicted molar refractivity (Wildman–Crippen MR) is 33.3 cm³/mol. The summed E-state index contributed by atoms with van der Waals surface area (Å²) in [7, 11) is 0. The van der Waals surface area contributed by atoms with E-state index in [1.54, 1.807) is 0 Å². The number of halogens is 1. The van der Waals surface area contributed by atoms with E-state index in [0.29, 0.717) is 6.42 Å². The second-order valence-corrected chi connectivity index (χ2v) is 1.70. The lowest BCUT2D eigenvalue weighted by Crippen LogP contribution is -1.76. The molecule has 0 N–H and O–H groups in total. The highest BCUT2D eigenvalue weighted by molar-refractivity contribution is 4.82. The molecule has 8 heavy (non-hydrogen) atoms. The molecule has 0 rings (SSSR count). The molecule has 0 aliphatic rings. The second kappa shape index (κ2) is 6.49. The third-order valence-corrected chi connectivity index (χ3v) is 0.955. The zero-order chi connectivity index (χ0) is 6.24. The molecule has 0 heterocycles. The number of rotatable bonds is 4. The molecule has 0 aromatic carbocycles. The van der Waals surface area contributed by atoms with E-state index in [4.69, 9.17) is 6.42 Å². The molecule has 0 aliphatic carbocycles. The summed E-state index contributed by atoms with van der Waals surface area (Å²) in [5.74, 6) is 2.50. The fraction of sp³-hybridized carbons (Fsp3) is 0.714. The number of hydrogen-bond acceptors (Lipinski definition) is 0. The number of terminal acetylenes is 1. The van der Waals surface area contributed by atoms with Crippen molar-refractivity contribution in [3.8, 4) is 12.3 Å². The Morgan fingerprint density at radius 1 is 1.25 bits per heavy atom. The summed E-state index contributed by atoms with van der Waals surface area (Å²) < 4.78 is 11.4. The molecule has 0 bridgehead atoms. The lowest BCUT2D eigenvalue weighted by Gasteiger charge is -1.88. The van der Waals surface area contributed by atoms with Gasteiger partial charge in [-0.2, -0.15) is 0 Å². The Kier molecular flexibility index (Phi) is 6.08. The maximum Gasteiger partial charge on any atom is 0.0894 e. The highest BCUT2D eigenvalue weighted by Crippen LogP contribution is 1.97. The quantitative estimate of drug-likeness (QED) is 0.388. The molecule has 1 heteroatoms. The van der Waals surface area contributed by atoms with Gasteiger partial charge in [-0.3, -0.25) is 4.39 Å². The van der Waals surface area contributed by atoms with Gasteiger partial charge in [0.15, 0.2) is 0 Å². The van der Waals surface area contributed by atoms with Gasteiger partial charge in [-0.05, 0) is 19.3 Å². The zero-order valence-corrected chi connectivity index (χ0v) is 4.99. The number of hydrogen-bond donors (Lipinski definition) is 0. The number of unbranched alkanes of at least 4 members (excludes halogenated alkanes) is 3. The van der Waals surface area contributed by atoms with Gasteiger partial charge >= 0.3 is 0 Å². The molecule has 0 aliphatic heterocycles. The summed E-state index contributed by atoms with van der Waals surface area (Å²) in [6.07, 6.45) is 8.33. The van der Waals surface area contributed by atoms with Crippen LogP contribution >= 0.6 is 0 Å². The van der Waals surface area contributed by atoms with Gasteiger partial charge in [0, 0.05) is 6.42 Å². The van der Waals surface area contributed by atoms with Gasteiger partial charge in [0.1, 0.15) is 0 Å². The maximum atomic E-state index is 11.4. The first-order valence-electron chi connectivity index (χ1n) is 2.91. The zero-order valence-electron chi connectivity index (χ0n) is 4.99. The first-order valence-corrected chi connectivity index (χ1v) is 2.91. The van der Waals surface area contributed by atoms with Gasteiger partial charge in [-0.1, -0.05) is 0 Å². The topological polar surface area (TPSA) is 0 Å². The van der Waals surface area contributed by atoms with E-state index in [2.05, 4.69) is 5.92 Å². The van der Waals surface area contributed by atoms with E-state index in [1.807, 2.05) is 0 Å². The standard InChI is InChI=1S/C7H11F/c1-2-3-4-5-6-7-8/h1H,3-7H2. The molecule has 0 unspecified atom stereocenters. The lowest BCUT2D eigenvalue weighted by atomic mass is 10.2. The van der Waals surface area contributed by atoms with Crippen molar-refractivity contribution in [2.24, 2.45) is 0 Å². The van der Waals surface area contributed by atoms with Crippen molar-refractivity contribution in [1.82, 2.24) is 0 Å². The van der Waals surface area contributed by atoms with Crippen LogP contribution in [0.2, 0.25) is 0 Å². The summed E-state index contributed by atoms with van der Waals surface area (Å²) in [5.41, 5.74) is 0. The molecule has 0 spiro atoms. The Hall–Kier alpha value is -0.510. The fourth-order valence-corrected chi connectivity index (χ4v) is 0.498. The largest absolute Gasteiger partial charge is 0.251 e. The average Bonchev–Trinajstić information content (AvgIpc) is 1.81. The van der Waals surface area contributed by atoms with Gasteiger partial charge in [0.2, 0.25) is 0 Å². The molecule has 0 saturated heterocycles. The molecule has 0 atom stereocenters. The maximum absolute atomic E-state index is 11.4. The third-order valence-electron chi connectivity index (χ3n) is 0.955. The van der Waals surface area contributed by atoms with Crippen LogP contribution in [0.25, 0.3) is 0 Å². The van der Waals surface area contributed by atoms with Crippen LogP contribution in [-0.2, 0) is 0 Å². The molecule has 0 aromatic heterocycles. The first kappa shape index (κ1) is 7.49. The van der Waals surface area contributed by atoms with E-state index in [9.17, 15) is 4.39 Å². The molecule has 0 radical (unpaired) electrons. The van der Waals surface area contributed by atoms with Crippen LogP contribution in [0.4, 0.5) is 4.39 Å². The molecule has 0 saturated carbocycles. The van der Waals surface area contributed by atoms with Crippen molar-refractivity contribution in [3.63, 3.8) is 0 Å². The Labute approximate surface area is 50.1 Å². The Balaban J connectivity index is 2.65. The van der Waals surface area contributed by atoms with Crippen molar-refractivity contribution in [3.05, 3.63) is 0 Å². The van der Waals surface area contributed by atoms with Crippen LogP contribution in [0.15, 0.2) is 0 Å². The Bertz CT molecular complexity index is 70.9. The van der Waals surface area contributed by atoms with Gasteiger partial charge in [0.05, 0.1) is 6.67 Å². The van der Waals surface area contributed by atoms with E-state index < -0.39 is 0 Å². The molecule has 0 nitrogen and oxygen atoms in total. The van der Waals surface area contributed by atoms with E-state index in [-0.39, 0.29) is 6.67 Å². The second-order valence-electron chi connectivity index (χ2n) is 1.70. The van der Waals surface area contributed by atoms with E-state index in [0.717, 1.165) is 19.3 Å². The van der Waals surface area contributed by atoms with Crippen molar-refractivity contribution in [2.45, 2.75) is 25.7 Å². The first-order chi connectivity index (χ1) is 3.91. The van der Waals surface area contributed by atoms with Crippen LogP contribution in [0.3, 0.4) is 0 Å². The van der Waals surface area contributed by atoms with Gasteiger partial charge in [-0.25, -0.2) is 0 Å². The van der Waals surface area contributed by atoms with Gasteiger partial charge < -0.3 is 0 Å². The highest BCUT2D eigenvalue weighted by Gasteiger charge is 1.83. The minimum Gasteiger partial charge on any atom is -0.251 e. The van der Waals surface area contributed by atoms with Crippen molar-refractivity contribution >= 4 is 0 Å². The van der Waals surface area contributed by atoms with Gasteiger partial charge in [-0.15, -0.1) is 12.3 Å². The molecule has 0 amide bonds. The highest BCUT2D eigenvalue weighted by atomic mass is 19.1. The summed E-state index contributed by atoms with van der Waals surface area (Å²) in [5, 5.41) is 0. The predicted octanol–water partition coefficient (Wildman–Crippen LogP) is 2.15. The Morgan fingerprint density at radius 3 is 2.50 bits per heavy atom. The minimum absolute atomic E-state index is 0.204. The average molecular weight is 114 g/mol. The van der Waals surface area contributed by atoms with E-state index >= 15 is 0 Å². The lowest BCUT2D eigenvalue weighted by molar-refractivity contribution is 0.457. The van der Waals surface area contributed by atoms with Crippen molar-refractivity contribution < 1.29 is 4.39 Å². The molecule has 0 aromatic rings. The van der Waals surface area contributed by atoms with Crippen molar-refractivity contribution in [2.75, 3.05) is 6.67 Å². The van der Waals surface area contributed by atoms with Crippen LogP contribution < -0.4 is 0 Å². The number of alkyl halides is 1. The summed E-state index contributed by atoms with van der Waals surface area (Å²) >= 11 is 0. The van der Waals surface area contributed by atoms with E-state index in [1.165, 1.54) is 0 Å². The van der Waals surface area contributed by atoms with Crippen molar-refractivity contribution in [1.29, 1.82) is 0 Å². The third kappa shape index (κ3) is 5.49.